The largest absolute Gasteiger partial charge is 0.463 e. The summed E-state index contributed by atoms with van der Waals surface area (Å²) in [7, 11) is 0. The number of fused-ring (bicyclic) bond motifs is 1. The van der Waals surface area contributed by atoms with E-state index in [1.165, 1.54) is 10.9 Å². The highest BCUT2D eigenvalue weighted by Gasteiger charge is 2.32. The number of para-hydroxylation sites is 1. The summed E-state index contributed by atoms with van der Waals surface area (Å²) in [6, 6.07) is 8.03. The molecule has 2 aromatic rings. The number of H-pyrrole nitrogens is 1. The summed E-state index contributed by atoms with van der Waals surface area (Å²) in [5.74, 6) is -0.837. The molecule has 0 aliphatic heterocycles. The third-order valence-electron chi connectivity index (χ3n) is 2.73. The van der Waals surface area contributed by atoms with E-state index in [1.807, 2.05) is 24.4 Å². The second-order valence-corrected chi connectivity index (χ2v) is 6.38. The third kappa shape index (κ3) is 3.78. The fourth-order valence-corrected chi connectivity index (χ4v) is 2.01. The maximum Gasteiger partial charge on any atom is 0.358 e. The Labute approximate surface area is 125 Å². The van der Waals surface area contributed by atoms with Crippen LogP contribution in [0.2, 0.25) is 0 Å². The zero-order chi connectivity index (χ0) is 13.9. The molecule has 1 N–H and O–H groups in total. The molecule has 0 atom stereocenters. The lowest BCUT2D eigenvalue weighted by molar-refractivity contribution is -0.142. The van der Waals surface area contributed by atoms with Crippen LogP contribution < -0.4 is 0 Å². The van der Waals surface area contributed by atoms with Gasteiger partial charge in [-0.2, -0.15) is 0 Å². The lowest BCUT2D eigenvalue weighted by Crippen LogP contribution is -2.22. The first kappa shape index (κ1) is 14.5. The Bertz CT molecular complexity index is 575. The van der Waals surface area contributed by atoms with Gasteiger partial charge in [0, 0.05) is 17.1 Å². The number of carbonyl (C=O) groups excluding carboxylic acids is 1. The van der Waals surface area contributed by atoms with Gasteiger partial charge >= 0.3 is 5.97 Å². The zero-order valence-electron chi connectivity index (χ0n) is 9.96. The number of carbonyl (C=O) groups is 1. The van der Waals surface area contributed by atoms with E-state index in [0.29, 0.717) is 6.42 Å². The minimum absolute atomic E-state index is 0.228. The standard InChI is InChI=1S/C13H12Cl3NO2/c14-13(15,16)12(18)19-7-3-4-9-8-17-11-6-2-1-5-10(9)11/h1-2,5-6,8,17H,3-4,7H2. The van der Waals surface area contributed by atoms with E-state index in [1.54, 1.807) is 0 Å². The molecular weight excluding hydrogens is 309 g/mol. The monoisotopic (exact) mass is 319 g/mol. The maximum absolute atomic E-state index is 11.2. The number of aromatic amines is 1. The molecule has 0 aliphatic rings. The lowest BCUT2D eigenvalue weighted by atomic mass is 10.1. The number of aryl methyl sites for hydroxylation is 1. The number of alkyl halides is 3. The Morgan fingerprint density at radius 3 is 2.74 bits per heavy atom. The summed E-state index contributed by atoms with van der Waals surface area (Å²) in [6.45, 7) is 0.228. The van der Waals surface area contributed by atoms with Gasteiger partial charge in [-0.1, -0.05) is 53.0 Å². The van der Waals surface area contributed by atoms with Crippen LogP contribution in [0.4, 0.5) is 0 Å². The second kappa shape index (κ2) is 6.04. The van der Waals surface area contributed by atoms with Crippen molar-refractivity contribution in [3.63, 3.8) is 0 Å². The van der Waals surface area contributed by atoms with Gasteiger partial charge in [0.25, 0.3) is 3.79 Å². The van der Waals surface area contributed by atoms with E-state index in [2.05, 4.69) is 11.1 Å². The summed E-state index contributed by atoms with van der Waals surface area (Å²) in [4.78, 5) is 14.4. The summed E-state index contributed by atoms with van der Waals surface area (Å²) in [5, 5.41) is 1.18. The molecule has 0 saturated carbocycles. The van der Waals surface area contributed by atoms with Crippen LogP contribution in [0.15, 0.2) is 30.5 Å². The average Bonchev–Trinajstić information content (AvgIpc) is 2.76. The van der Waals surface area contributed by atoms with Gasteiger partial charge in [0.05, 0.1) is 6.61 Å². The first-order valence-electron chi connectivity index (χ1n) is 5.77. The number of esters is 1. The average molecular weight is 321 g/mol. The molecule has 0 radical (unpaired) electrons. The Morgan fingerprint density at radius 2 is 2.00 bits per heavy atom. The minimum Gasteiger partial charge on any atom is -0.463 e. The second-order valence-electron chi connectivity index (χ2n) is 4.10. The van der Waals surface area contributed by atoms with Gasteiger partial charge in [-0.15, -0.1) is 0 Å². The fourth-order valence-electron chi connectivity index (χ4n) is 1.85. The molecule has 0 saturated heterocycles. The zero-order valence-corrected chi connectivity index (χ0v) is 12.2. The van der Waals surface area contributed by atoms with E-state index in [9.17, 15) is 4.79 Å². The summed E-state index contributed by atoms with van der Waals surface area (Å²) in [6.07, 6.45) is 3.42. The van der Waals surface area contributed by atoms with Gasteiger partial charge in [0.2, 0.25) is 0 Å². The van der Waals surface area contributed by atoms with Crippen LogP contribution in [0, 0.1) is 0 Å². The Hall–Kier alpha value is -0.900. The normalized spacial score (nSPS) is 11.7. The van der Waals surface area contributed by atoms with Gasteiger partial charge in [-0.05, 0) is 24.5 Å². The number of nitrogens with one attached hydrogen (secondary N) is 1. The lowest BCUT2D eigenvalue weighted by Gasteiger charge is -2.10. The highest BCUT2D eigenvalue weighted by Crippen LogP contribution is 2.27. The number of aromatic nitrogens is 1. The molecule has 0 unspecified atom stereocenters. The Morgan fingerprint density at radius 1 is 1.26 bits per heavy atom. The van der Waals surface area contributed by atoms with Gasteiger partial charge in [-0.25, -0.2) is 4.79 Å². The van der Waals surface area contributed by atoms with Crippen molar-refractivity contribution in [2.24, 2.45) is 0 Å². The highest BCUT2D eigenvalue weighted by molar-refractivity contribution is 6.75. The predicted molar refractivity (Wildman–Crippen MR) is 77.9 cm³/mol. The first-order valence-corrected chi connectivity index (χ1v) is 6.91. The minimum atomic E-state index is -2.00. The molecule has 0 amide bonds. The van der Waals surface area contributed by atoms with Crippen LogP contribution in [0.5, 0.6) is 0 Å². The topological polar surface area (TPSA) is 42.1 Å². The smallest absolute Gasteiger partial charge is 0.358 e. The quantitative estimate of drug-likeness (QED) is 0.525. The molecule has 0 bridgehead atoms. The van der Waals surface area contributed by atoms with Crippen molar-refractivity contribution in [2.45, 2.75) is 16.6 Å². The molecular formula is C13H12Cl3NO2. The SMILES string of the molecule is O=C(OCCCc1c[nH]c2ccccc12)C(Cl)(Cl)Cl. The molecule has 0 fully saturated rings. The molecule has 2 rings (SSSR count). The van der Waals surface area contributed by atoms with Crippen molar-refractivity contribution in [1.82, 2.24) is 4.98 Å². The van der Waals surface area contributed by atoms with Crippen LogP contribution in [0.25, 0.3) is 10.9 Å². The summed E-state index contributed by atoms with van der Waals surface area (Å²) in [5.41, 5.74) is 2.27. The fraction of sp³-hybridized carbons (Fsp3) is 0.308. The van der Waals surface area contributed by atoms with Gasteiger partial charge in [-0.3, -0.25) is 0 Å². The van der Waals surface area contributed by atoms with Gasteiger partial charge in [0.1, 0.15) is 0 Å². The number of rotatable bonds is 4. The van der Waals surface area contributed by atoms with E-state index in [0.717, 1.165) is 11.9 Å². The molecule has 1 heterocycles. The van der Waals surface area contributed by atoms with Crippen LogP contribution >= 0.6 is 34.8 Å². The van der Waals surface area contributed by atoms with E-state index >= 15 is 0 Å². The maximum atomic E-state index is 11.2. The van der Waals surface area contributed by atoms with Gasteiger partial charge in [0.15, 0.2) is 0 Å². The van der Waals surface area contributed by atoms with E-state index < -0.39 is 9.76 Å². The Kier molecular flexibility index (Phi) is 4.61. The molecule has 0 aliphatic carbocycles. The van der Waals surface area contributed by atoms with Crippen molar-refractivity contribution in [3.05, 3.63) is 36.0 Å². The molecule has 102 valence electrons. The van der Waals surface area contributed by atoms with Crippen molar-refractivity contribution in [1.29, 1.82) is 0 Å². The molecule has 1 aromatic carbocycles. The Balaban J connectivity index is 1.85. The molecule has 19 heavy (non-hydrogen) atoms. The van der Waals surface area contributed by atoms with E-state index in [-0.39, 0.29) is 6.61 Å². The molecule has 6 heteroatoms. The van der Waals surface area contributed by atoms with Crippen molar-refractivity contribution in [3.8, 4) is 0 Å². The van der Waals surface area contributed by atoms with Crippen LogP contribution in [0.1, 0.15) is 12.0 Å². The summed E-state index contributed by atoms with van der Waals surface area (Å²) >= 11 is 16.2. The third-order valence-corrected chi connectivity index (χ3v) is 3.19. The number of ether oxygens (including phenoxy) is 1. The van der Waals surface area contributed by atoms with E-state index in [4.69, 9.17) is 39.5 Å². The van der Waals surface area contributed by atoms with Crippen molar-refractivity contribution in [2.75, 3.05) is 6.61 Å². The number of hydrogen-bond acceptors (Lipinski definition) is 2. The highest BCUT2D eigenvalue weighted by atomic mass is 35.6. The number of halogens is 3. The molecule has 1 aromatic heterocycles. The van der Waals surface area contributed by atoms with Gasteiger partial charge < -0.3 is 9.72 Å². The molecule has 3 nitrogen and oxygen atoms in total. The van der Waals surface area contributed by atoms with Crippen molar-refractivity contribution < 1.29 is 9.53 Å². The number of benzene rings is 1. The van der Waals surface area contributed by atoms with Crippen LogP contribution in [0.3, 0.4) is 0 Å². The van der Waals surface area contributed by atoms with Crippen LogP contribution in [-0.2, 0) is 16.0 Å². The first-order chi connectivity index (χ1) is 8.98. The predicted octanol–water partition coefficient (Wildman–Crippen LogP) is 4.01. The van der Waals surface area contributed by atoms with Crippen LogP contribution in [-0.4, -0.2) is 21.4 Å². The number of hydrogen-bond donors (Lipinski definition) is 1. The summed E-state index contributed by atoms with van der Waals surface area (Å²) < 4.78 is 2.87. The van der Waals surface area contributed by atoms with Crippen molar-refractivity contribution >= 4 is 51.7 Å². The molecule has 0 spiro atoms.